The average Bonchev–Trinajstić information content (AvgIpc) is 3.13. The summed E-state index contributed by atoms with van der Waals surface area (Å²) in [6, 6.07) is 0. The third-order valence-electron chi connectivity index (χ3n) is 16.5. The summed E-state index contributed by atoms with van der Waals surface area (Å²) in [7, 11) is -9.90. The fourth-order valence-corrected chi connectivity index (χ4v) is 12.3. The third kappa shape index (κ3) is 64.8. The Balaban J connectivity index is 5.20. The molecule has 0 heterocycles. The molecule has 0 saturated heterocycles. The highest BCUT2D eigenvalue weighted by Crippen LogP contribution is 2.45. The second-order valence-corrected chi connectivity index (χ2v) is 29.5. The Morgan fingerprint density at radius 1 is 0.300 bits per heavy atom. The van der Waals surface area contributed by atoms with Gasteiger partial charge in [-0.1, -0.05) is 311 Å². The Morgan fingerprint density at radius 3 is 0.756 bits per heavy atom. The van der Waals surface area contributed by atoms with Gasteiger partial charge in [-0.2, -0.15) is 0 Å². The number of ether oxygens (including phenoxy) is 4. The predicted octanol–water partition coefficient (Wildman–Crippen LogP) is 20.4. The molecule has 0 aliphatic carbocycles. The van der Waals surface area contributed by atoms with Crippen molar-refractivity contribution < 1.29 is 80.2 Å². The largest absolute Gasteiger partial charge is 0.472 e. The van der Waals surface area contributed by atoms with Gasteiger partial charge in [0.2, 0.25) is 0 Å². The van der Waals surface area contributed by atoms with Crippen LogP contribution >= 0.6 is 15.6 Å². The number of aliphatic hydroxyl groups excluding tert-OH is 1. The zero-order valence-corrected chi connectivity index (χ0v) is 60.2. The molecule has 0 aromatic rings. The van der Waals surface area contributed by atoms with E-state index in [9.17, 15) is 43.2 Å². The minimum atomic E-state index is -4.95. The maximum absolute atomic E-state index is 13.0. The van der Waals surface area contributed by atoms with Crippen LogP contribution in [0.4, 0.5) is 0 Å². The van der Waals surface area contributed by atoms with Gasteiger partial charge in [0.05, 0.1) is 26.4 Å². The van der Waals surface area contributed by atoms with Crippen LogP contribution in [-0.2, 0) is 65.4 Å². The highest BCUT2D eigenvalue weighted by molar-refractivity contribution is 7.47. The highest BCUT2D eigenvalue weighted by atomic mass is 31.2. The van der Waals surface area contributed by atoms with Crippen molar-refractivity contribution in [1.82, 2.24) is 0 Å². The molecule has 0 spiro atoms. The SMILES string of the molecule is CCCCCCCCCCCCCC(=O)O[C@H](COC(=O)CCCCCCCCC)COP(=O)(O)OC[C@H](O)COP(=O)(O)OC[C@@H](COC(=O)CCCCCCCCCCCCCCCC(C)C)OC(=O)CCCCCCCCCCCCCCCC(C)C. The molecule has 3 N–H and O–H groups in total. The molecule has 534 valence electrons. The van der Waals surface area contributed by atoms with E-state index in [0.717, 1.165) is 115 Å². The molecule has 2 unspecified atom stereocenters. The molecule has 0 aromatic carbocycles. The van der Waals surface area contributed by atoms with Gasteiger partial charge in [-0.25, -0.2) is 9.13 Å². The van der Waals surface area contributed by atoms with Crippen LogP contribution in [0, 0.1) is 11.8 Å². The molecule has 0 aromatic heterocycles. The lowest BCUT2D eigenvalue weighted by Crippen LogP contribution is -2.30. The van der Waals surface area contributed by atoms with E-state index in [-0.39, 0.29) is 25.7 Å². The minimum absolute atomic E-state index is 0.106. The molecule has 17 nitrogen and oxygen atoms in total. The molecule has 0 rings (SSSR count). The molecule has 90 heavy (non-hydrogen) atoms. The number of phosphoric ester groups is 2. The summed E-state index contributed by atoms with van der Waals surface area (Å²) in [5, 5.41) is 10.6. The monoisotopic (exact) mass is 1320 g/mol. The number of rotatable bonds is 70. The van der Waals surface area contributed by atoms with Gasteiger partial charge in [0, 0.05) is 25.7 Å². The number of aliphatic hydroxyl groups is 1. The predicted molar refractivity (Wildman–Crippen MR) is 363 cm³/mol. The molecule has 0 aliphatic heterocycles. The van der Waals surface area contributed by atoms with Crippen molar-refractivity contribution in [2.45, 2.75) is 381 Å². The first-order chi connectivity index (χ1) is 43.4. The number of hydrogen-bond acceptors (Lipinski definition) is 15. The molecule has 5 atom stereocenters. The molecule has 0 amide bonds. The smallest absolute Gasteiger partial charge is 0.462 e. The number of carbonyl (C=O) groups is 4. The number of unbranched alkanes of at least 4 members (excludes halogenated alkanes) is 40. The Bertz CT molecular complexity index is 1750. The highest BCUT2D eigenvalue weighted by Gasteiger charge is 2.30. The van der Waals surface area contributed by atoms with E-state index in [1.54, 1.807) is 0 Å². The zero-order valence-electron chi connectivity index (χ0n) is 58.4. The maximum Gasteiger partial charge on any atom is 0.472 e. The average molecular weight is 1330 g/mol. The minimum Gasteiger partial charge on any atom is -0.462 e. The van der Waals surface area contributed by atoms with Crippen molar-refractivity contribution in [2.75, 3.05) is 39.6 Å². The Kier molecular flexibility index (Phi) is 61.8. The summed E-state index contributed by atoms with van der Waals surface area (Å²) in [6.45, 7) is 9.55. The standard InChI is InChI=1S/C71H138O17P2/c1-7-9-11-13-15-16-23-31-37-43-49-55-70(75)87-66(59-81-68(73)53-47-41-33-14-12-10-8-2)61-85-89(77,78)83-57-65(72)58-84-90(79,80)86-62-67(88-71(76)56-50-44-38-32-27-22-18-20-25-29-35-40-46-52-64(5)6)60-82-69(74)54-48-42-36-30-26-21-17-19-24-28-34-39-45-51-63(3)4/h63-67,72H,7-62H2,1-6H3,(H,77,78)(H,79,80)/t65-,66+,67+/m0/s1. The van der Waals surface area contributed by atoms with E-state index >= 15 is 0 Å². The normalized spacial score (nSPS) is 14.1. The molecular weight excluding hydrogens is 1190 g/mol. The lowest BCUT2D eigenvalue weighted by molar-refractivity contribution is -0.161. The van der Waals surface area contributed by atoms with Crippen LogP contribution < -0.4 is 0 Å². The van der Waals surface area contributed by atoms with Crippen molar-refractivity contribution in [3.05, 3.63) is 0 Å². The van der Waals surface area contributed by atoms with Crippen LogP contribution in [0.25, 0.3) is 0 Å². The van der Waals surface area contributed by atoms with Crippen molar-refractivity contribution in [1.29, 1.82) is 0 Å². The molecule has 19 heteroatoms. The first kappa shape index (κ1) is 88.1. The summed E-state index contributed by atoms with van der Waals surface area (Å²) >= 11 is 0. The lowest BCUT2D eigenvalue weighted by Gasteiger charge is -2.21. The van der Waals surface area contributed by atoms with Crippen molar-refractivity contribution in [3.8, 4) is 0 Å². The lowest BCUT2D eigenvalue weighted by atomic mass is 10.0. The van der Waals surface area contributed by atoms with Crippen molar-refractivity contribution in [2.24, 2.45) is 11.8 Å². The van der Waals surface area contributed by atoms with E-state index in [1.807, 2.05) is 0 Å². The van der Waals surface area contributed by atoms with Gasteiger partial charge < -0.3 is 33.8 Å². The Morgan fingerprint density at radius 2 is 0.511 bits per heavy atom. The van der Waals surface area contributed by atoms with Crippen LogP contribution in [-0.4, -0.2) is 96.7 Å². The van der Waals surface area contributed by atoms with Crippen LogP contribution in [0.2, 0.25) is 0 Å². The number of hydrogen-bond donors (Lipinski definition) is 3. The molecule has 0 bridgehead atoms. The Hall–Kier alpha value is -1.94. The second kappa shape index (κ2) is 63.1. The molecule has 0 fully saturated rings. The van der Waals surface area contributed by atoms with Gasteiger partial charge in [-0.15, -0.1) is 0 Å². The topological polar surface area (TPSA) is 237 Å². The molecule has 0 saturated carbocycles. The Labute approximate surface area is 549 Å². The van der Waals surface area contributed by atoms with Crippen molar-refractivity contribution >= 4 is 39.5 Å². The summed E-state index contributed by atoms with van der Waals surface area (Å²) in [6.07, 6.45) is 48.6. The van der Waals surface area contributed by atoms with Crippen LogP contribution in [0.3, 0.4) is 0 Å². The van der Waals surface area contributed by atoms with Crippen LogP contribution in [0.5, 0.6) is 0 Å². The number of esters is 4. The zero-order chi connectivity index (χ0) is 66.5. The van der Waals surface area contributed by atoms with E-state index in [4.69, 9.17) is 37.0 Å². The summed E-state index contributed by atoms with van der Waals surface area (Å²) in [5.74, 6) is -0.548. The van der Waals surface area contributed by atoms with Crippen molar-refractivity contribution in [3.63, 3.8) is 0 Å². The third-order valence-corrected chi connectivity index (χ3v) is 18.4. The molecule has 0 radical (unpaired) electrons. The van der Waals surface area contributed by atoms with Gasteiger partial charge in [0.1, 0.15) is 19.3 Å². The van der Waals surface area contributed by atoms with E-state index in [1.165, 1.54) is 167 Å². The molecular formula is C71H138O17P2. The summed E-state index contributed by atoms with van der Waals surface area (Å²) in [5.41, 5.74) is 0. The van der Waals surface area contributed by atoms with Gasteiger partial charge in [0.25, 0.3) is 0 Å². The van der Waals surface area contributed by atoms with E-state index < -0.39 is 97.5 Å². The van der Waals surface area contributed by atoms with Gasteiger partial charge >= 0.3 is 39.5 Å². The van der Waals surface area contributed by atoms with Crippen LogP contribution in [0.15, 0.2) is 0 Å². The fraction of sp³-hybridized carbons (Fsp3) is 0.944. The first-order valence-corrected chi connectivity index (χ1v) is 40.0. The molecule has 0 aliphatic rings. The maximum atomic E-state index is 13.0. The first-order valence-electron chi connectivity index (χ1n) is 37.0. The summed E-state index contributed by atoms with van der Waals surface area (Å²) < 4.78 is 68.2. The van der Waals surface area contributed by atoms with E-state index in [2.05, 4.69) is 41.5 Å². The van der Waals surface area contributed by atoms with Crippen LogP contribution in [0.1, 0.15) is 363 Å². The second-order valence-electron chi connectivity index (χ2n) is 26.6. The number of carbonyl (C=O) groups excluding carboxylic acids is 4. The van der Waals surface area contributed by atoms with Gasteiger partial charge in [-0.3, -0.25) is 37.3 Å². The van der Waals surface area contributed by atoms with Gasteiger partial charge in [0.15, 0.2) is 12.2 Å². The van der Waals surface area contributed by atoms with E-state index in [0.29, 0.717) is 25.7 Å². The van der Waals surface area contributed by atoms with Gasteiger partial charge in [-0.05, 0) is 37.5 Å². The quantitative estimate of drug-likeness (QED) is 0.0222. The fourth-order valence-electron chi connectivity index (χ4n) is 10.8. The summed E-state index contributed by atoms with van der Waals surface area (Å²) in [4.78, 5) is 72.4. The number of phosphoric acid groups is 2.